The van der Waals surface area contributed by atoms with Crippen LogP contribution in [-0.2, 0) is 11.2 Å². The van der Waals surface area contributed by atoms with E-state index in [1.807, 2.05) is 0 Å². The van der Waals surface area contributed by atoms with Gasteiger partial charge in [0.05, 0.1) is 0 Å². The summed E-state index contributed by atoms with van der Waals surface area (Å²) in [5, 5.41) is 11.6. The lowest BCUT2D eigenvalue weighted by atomic mass is 10.1. The zero-order valence-electron chi connectivity index (χ0n) is 11.3. The zero-order valence-corrected chi connectivity index (χ0v) is 11.3. The highest BCUT2D eigenvalue weighted by Gasteiger charge is 2.22. The predicted molar refractivity (Wildman–Crippen MR) is 72.4 cm³/mol. The van der Waals surface area contributed by atoms with Crippen molar-refractivity contribution >= 4 is 11.9 Å². The van der Waals surface area contributed by atoms with Crippen LogP contribution in [0.4, 0.5) is 4.39 Å². The smallest absolute Gasteiger partial charge is 0.326 e. The van der Waals surface area contributed by atoms with E-state index in [-0.39, 0.29) is 12.2 Å². The highest BCUT2D eigenvalue weighted by Crippen LogP contribution is 2.09. The first kappa shape index (κ1) is 14.8. The lowest BCUT2D eigenvalue weighted by Gasteiger charge is -2.13. The van der Waals surface area contributed by atoms with Crippen LogP contribution in [0.5, 0.6) is 0 Å². The van der Waals surface area contributed by atoms with Gasteiger partial charge in [-0.3, -0.25) is 4.79 Å². The van der Waals surface area contributed by atoms with E-state index in [1.54, 1.807) is 13.0 Å². The van der Waals surface area contributed by atoms with Crippen LogP contribution in [0.1, 0.15) is 21.9 Å². The van der Waals surface area contributed by atoms with Gasteiger partial charge in [-0.05, 0) is 36.8 Å². The molecule has 2 rings (SSSR count). The lowest BCUT2D eigenvalue weighted by molar-refractivity contribution is -0.139. The number of furan rings is 1. The van der Waals surface area contributed by atoms with Crippen LogP contribution in [0, 0.1) is 12.7 Å². The normalized spacial score (nSPS) is 11.9. The number of nitrogens with one attached hydrogen (secondary N) is 1. The Bertz CT molecular complexity index is 648. The molecule has 1 aromatic carbocycles. The van der Waals surface area contributed by atoms with Crippen LogP contribution in [0.3, 0.4) is 0 Å². The lowest BCUT2D eigenvalue weighted by Crippen LogP contribution is -2.42. The summed E-state index contributed by atoms with van der Waals surface area (Å²) in [5.41, 5.74) is 0.611. The van der Waals surface area contributed by atoms with E-state index in [9.17, 15) is 19.1 Å². The van der Waals surface area contributed by atoms with Crippen molar-refractivity contribution in [3.8, 4) is 0 Å². The minimum Gasteiger partial charge on any atom is -0.480 e. The van der Waals surface area contributed by atoms with Crippen molar-refractivity contribution in [3.05, 3.63) is 59.3 Å². The second kappa shape index (κ2) is 6.21. The Morgan fingerprint density at radius 3 is 2.43 bits per heavy atom. The molecule has 0 aliphatic heterocycles. The van der Waals surface area contributed by atoms with Crippen LogP contribution >= 0.6 is 0 Å². The maximum absolute atomic E-state index is 12.8. The molecule has 0 aliphatic rings. The molecule has 110 valence electrons. The fourth-order valence-corrected chi connectivity index (χ4v) is 1.84. The SMILES string of the molecule is Cc1ccc(C(=O)NC(Cc2ccc(F)cc2)C(=O)O)o1. The van der Waals surface area contributed by atoms with Crippen molar-refractivity contribution in [2.45, 2.75) is 19.4 Å². The van der Waals surface area contributed by atoms with Gasteiger partial charge < -0.3 is 14.8 Å². The molecule has 2 N–H and O–H groups in total. The average Bonchev–Trinajstić information content (AvgIpc) is 2.87. The summed E-state index contributed by atoms with van der Waals surface area (Å²) in [7, 11) is 0. The van der Waals surface area contributed by atoms with Gasteiger partial charge in [0.1, 0.15) is 17.6 Å². The van der Waals surface area contributed by atoms with Gasteiger partial charge in [0.25, 0.3) is 5.91 Å². The Kier molecular flexibility index (Phi) is 4.37. The summed E-state index contributed by atoms with van der Waals surface area (Å²) >= 11 is 0. The molecule has 0 saturated heterocycles. The molecule has 21 heavy (non-hydrogen) atoms. The molecule has 0 aliphatic carbocycles. The van der Waals surface area contributed by atoms with E-state index < -0.39 is 23.7 Å². The number of hydrogen-bond donors (Lipinski definition) is 2. The molecule has 6 heteroatoms. The molecule has 0 spiro atoms. The fraction of sp³-hybridized carbons (Fsp3) is 0.200. The topological polar surface area (TPSA) is 79.5 Å². The number of aryl methyl sites for hydroxylation is 1. The van der Waals surface area contributed by atoms with Gasteiger partial charge in [0.2, 0.25) is 0 Å². The Balaban J connectivity index is 2.07. The minimum atomic E-state index is -1.17. The molecule has 5 nitrogen and oxygen atoms in total. The molecule has 1 heterocycles. The summed E-state index contributed by atoms with van der Waals surface area (Å²) in [6.07, 6.45) is 0.0566. The summed E-state index contributed by atoms with van der Waals surface area (Å²) in [6.45, 7) is 1.68. The number of benzene rings is 1. The Morgan fingerprint density at radius 1 is 1.24 bits per heavy atom. The zero-order chi connectivity index (χ0) is 15.4. The van der Waals surface area contributed by atoms with E-state index in [0.29, 0.717) is 11.3 Å². The standard InChI is InChI=1S/C15H14FNO4/c1-9-2-7-13(21-9)14(18)17-12(15(19)20)8-10-3-5-11(16)6-4-10/h2-7,12H,8H2,1H3,(H,17,18)(H,19,20). The second-order valence-corrected chi connectivity index (χ2v) is 4.61. The van der Waals surface area contributed by atoms with Crippen LogP contribution in [0.15, 0.2) is 40.8 Å². The fourth-order valence-electron chi connectivity index (χ4n) is 1.84. The Labute approximate surface area is 120 Å². The van der Waals surface area contributed by atoms with Gasteiger partial charge in [-0.2, -0.15) is 0 Å². The van der Waals surface area contributed by atoms with E-state index in [4.69, 9.17) is 4.42 Å². The highest BCUT2D eigenvalue weighted by atomic mass is 19.1. The van der Waals surface area contributed by atoms with Crippen molar-refractivity contribution in [1.82, 2.24) is 5.32 Å². The number of carboxylic acids is 1. The number of hydrogen-bond acceptors (Lipinski definition) is 3. The maximum Gasteiger partial charge on any atom is 0.326 e. The first-order chi connectivity index (χ1) is 9.95. The van der Waals surface area contributed by atoms with Crippen molar-refractivity contribution in [1.29, 1.82) is 0 Å². The van der Waals surface area contributed by atoms with E-state index in [1.165, 1.54) is 30.3 Å². The third-order valence-electron chi connectivity index (χ3n) is 2.92. The van der Waals surface area contributed by atoms with Gasteiger partial charge in [-0.1, -0.05) is 12.1 Å². The maximum atomic E-state index is 12.8. The molecule has 1 atom stereocenters. The molecule has 2 aromatic rings. The molecule has 0 bridgehead atoms. The summed E-state index contributed by atoms with van der Waals surface area (Å²) in [6, 6.07) is 7.42. The number of carboxylic acid groups (broad SMARTS) is 1. The molecular formula is C15H14FNO4. The average molecular weight is 291 g/mol. The van der Waals surface area contributed by atoms with Gasteiger partial charge in [0, 0.05) is 6.42 Å². The monoisotopic (exact) mass is 291 g/mol. The van der Waals surface area contributed by atoms with E-state index in [2.05, 4.69) is 5.32 Å². The molecule has 0 saturated carbocycles. The molecular weight excluding hydrogens is 277 g/mol. The first-order valence-electron chi connectivity index (χ1n) is 6.30. The Hall–Kier alpha value is -2.63. The van der Waals surface area contributed by atoms with E-state index in [0.717, 1.165) is 0 Å². The number of carbonyl (C=O) groups excluding carboxylic acids is 1. The van der Waals surface area contributed by atoms with Crippen LogP contribution < -0.4 is 5.32 Å². The molecule has 1 aromatic heterocycles. The van der Waals surface area contributed by atoms with Crippen LogP contribution in [0.2, 0.25) is 0 Å². The molecule has 1 amide bonds. The minimum absolute atomic E-state index is 0.0536. The number of carbonyl (C=O) groups is 2. The number of halogens is 1. The number of amides is 1. The van der Waals surface area contributed by atoms with Crippen molar-refractivity contribution in [2.24, 2.45) is 0 Å². The second-order valence-electron chi connectivity index (χ2n) is 4.61. The van der Waals surface area contributed by atoms with Gasteiger partial charge in [-0.25, -0.2) is 9.18 Å². The van der Waals surface area contributed by atoms with Gasteiger partial charge in [-0.15, -0.1) is 0 Å². The third kappa shape index (κ3) is 3.92. The van der Waals surface area contributed by atoms with Crippen molar-refractivity contribution < 1.29 is 23.5 Å². The number of rotatable bonds is 5. The first-order valence-corrected chi connectivity index (χ1v) is 6.30. The highest BCUT2D eigenvalue weighted by molar-refractivity contribution is 5.94. The van der Waals surface area contributed by atoms with Gasteiger partial charge in [0.15, 0.2) is 5.76 Å². The van der Waals surface area contributed by atoms with Crippen LogP contribution in [-0.4, -0.2) is 23.0 Å². The Morgan fingerprint density at radius 2 is 1.90 bits per heavy atom. The van der Waals surface area contributed by atoms with Crippen molar-refractivity contribution in [3.63, 3.8) is 0 Å². The summed E-state index contributed by atoms with van der Waals surface area (Å²) in [4.78, 5) is 23.1. The summed E-state index contributed by atoms with van der Waals surface area (Å²) < 4.78 is 18.0. The molecule has 0 fully saturated rings. The molecule has 1 unspecified atom stereocenters. The van der Waals surface area contributed by atoms with Crippen LogP contribution in [0.25, 0.3) is 0 Å². The third-order valence-corrected chi connectivity index (χ3v) is 2.92. The molecule has 0 radical (unpaired) electrons. The largest absolute Gasteiger partial charge is 0.480 e. The van der Waals surface area contributed by atoms with E-state index >= 15 is 0 Å². The van der Waals surface area contributed by atoms with Crippen molar-refractivity contribution in [2.75, 3.05) is 0 Å². The van der Waals surface area contributed by atoms with Gasteiger partial charge >= 0.3 is 5.97 Å². The predicted octanol–water partition coefficient (Wildman–Crippen LogP) is 2.15. The quantitative estimate of drug-likeness (QED) is 0.884. The number of aliphatic carboxylic acids is 1. The summed E-state index contributed by atoms with van der Waals surface area (Å²) in [5.74, 6) is -1.56.